The highest BCUT2D eigenvalue weighted by atomic mass is 16.3. The SMILES string of the molecule is O=C(NCC1CCCC(O)C1)NCC1CCN(c2ccccc2)C1. The fourth-order valence-electron chi connectivity index (χ4n) is 3.86. The van der Waals surface area contributed by atoms with E-state index in [2.05, 4.69) is 39.8 Å². The lowest BCUT2D eigenvalue weighted by Gasteiger charge is -2.26. The topological polar surface area (TPSA) is 64.6 Å². The van der Waals surface area contributed by atoms with E-state index in [9.17, 15) is 9.90 Å². The van der Waals surface area contributed by atoms with Gasteiger partial charge in [-0.25, -0.2) is 4.79 Å². The number of carbonyl (C=O) groups is 1. The van der Waals surface area contributed by atoms with Crippen molar-refractivity contribution in [2.75, 3.05) is 31.1 Å². The van der Waals surface area contributed by atoms with E-state index >= 15 is 0 Å². The summed E-state index contributed by atoms with van der Waals surface area (Å²) in [5.74, 6) is 0.923. The fourth-order valence-corrected chi connectivity index (χ4v) is 3.86. The number of hydrogen-bond donors (Lipinski definition) is 3. The van der Waals surface area contributed by atoms with Crippen LogP contribution in [0.1, 0.15) is 32.1 Å². The van der Waals surface area contributed by atoms with E-state index in [1.54, 1.807) is 0 Å². The lowest BCUT2D eigenvalue weighted by Crippen LogP contribution is -2.41. The first kappa shape index (κ1) is 17.1. The molecular formula is C19H29N3O2. The number of amides is 2. The van der Waals surface area contributed by atoms with E-state index in [1.807, 2.05) is 6.07 Å². The van der Waals surface area contributed by atoms with Gasteiger partial charge in [0.1, 0.15) is 0 Å². The Bertz CT molecular complexity index is 523. The van der Waals surface area contributed by atoms with Gasteiger partial charge in [0.25, 0.3) is 0 Å². The zero-order chi connectivity index (χ0) is 16.8. The first-order valence-electron chi connectivity index (χ1n) is 9.20. The van der Waals surface area contributed by atoms with Gasteiger partial charge < -0.3 is 20.6 Å². The molecule has 3 unspecified atom stereocenters. The standard InChI is InChI=1S/C19H29N3O2/c23-18-8-4-5-15(11-18)12-20-19(24)21-13-16-9-10-22(14-16)17-6-2-1-3-7-17/h1-3,6-7,15-16,18,23H,4-5,8-14H2,(H2,20,21,24). The molecule has 5 heteroatoms. The molecule has 2 fully saturated rings. The molecule has 24 heavy (non-hydrogen) atoms. The molecular weight excluding hydrogens is 302 g/mol. The molecule has 132 valence electrons. The molecule has 3 rings (SSSR count). The first-order chi connectivity index (χ1) is 11.7. The normalized spacial score (nSPS) is 27.0. The maximum atomic E-state index is 12.0. The molecule has 1 saturated carbocycles. The first-order valence-corrected chi connectivity index (χ1v) is 9.20. The summed E-state index contributed by atoms with van der Waals surface area (Å²) in [7, 11) is 0. The van der Waals surface area contributed by atoms with Gasteiger partial charge in [0.05, 0.1) is 6.10 Å². The third kappa shape index (κ3) is 4.87. The summed E-state index contributed by atoms with van der Waals surface area (Å²) in [4.78, 5) is 14.4. The number of para-hydroxylation sites is 1. The van der Waals surface area contributed by atoms with Crippen molar-refractivity contribution in [3.05, 3.63) is 30.3 Å². The van der Waals surface area contributed by atoms with Crippen molar-refractivity contribution >= 4 is 11.7 Å². The number of carbonyl (C=O) groups excluding carboxylic acids is 1. The van der Waals surface area contributed by atoms with E-state index in [0.29, 0.717) is 18.4 Å². The number of urea groups is 1. The van der Waals surface area contributed by atoms with E-state index in [4.69, 9.17) is 0 Å². The van der Waals surface area contributed by atoms with E-state index in [-0.39, 0.29) is 12.1 Å². The molecule has 2 amide bonds. The number of aliphatic hydroxyl groups is 1. The Morgan fingerprint density at radius 1 is 1.08 bits per heavy atom. The monoisotopic (exact) mass is 331 g/mol. The second-order valence-electron chi connectivity index (χ2n) is 7.21. The molecule has 1 saturated heterocycles. The van der Waals surface area contributed by atoms with Crippen LogP contribution in [-0.2, 0) is 0 Å². The van der Waals surface area contributed by atoms with E-state index < -0.39 is 0 Å². The van der Waals surface area contributed by atoms with Crippen molar-refractivity contribution in [2.24, 2.45) is 11.8 Å². The Morgan fingerprint density at radius 3 is 2.58 bits per heavy atom. The summed E-state index contributed by atoms with van der Waals surface area (Å²) in [6, 6.07) is 10.4. The molecule has 0 bridgehead atoms. The Balaban J connectivity index is 1.33. The molecule has 3 atom stereocenters. The number of aliphatic hydroxyl groups excluding tert-OH is 1. The fraction of sp³-hybridized carbons (Fsp3) is 0.632. The predicted octanol–water partition coefficient (Wildman–Crippen LogP) is 2.36. The van der Waals surface area contributed by atoms with E-state index in [1.165, 1.54) is 5.69 Å². The van der Waals surface area contributed by atoms with Gasteiger partial charge in [-0.2, -0.15) is 0 Å². The quantitative estimate of drug-likeness (QED) is 0.776. The molecule has 1 aromatic rings. The van der Waals surface area contributed by atoms with Crippen LogP contribution in [0.3, 0.4) is 0 Å². The Kier molecular flexibility index (Phi) is 5.96. The van der Waals surface area contributed by atoms with Crippen LogP contribution in [-0.4, -0.2) is 43.4 Å². The highest BCUT2D eigenvalue weighted by molar-refractivity contribution is 5.73. The zero-order valence-corrected chi connectivity index (χ0v) is 14.3. The van der Waals surface area contributed by atoms with Gasteiger partial charge in [-0.05, 0) is 49.7 Å². The number of rotatable bonds is 5. The minimum atomic E-state index is -0.184. The van der Waals surface area contributed by atoms with Crippen LogP contribution in [0.15, 0.2) is 30.3 Å². The van der Waals surface area contributed by atoms with Crippen LogP contribution in [0.25, 0.3) is 0 Å². The Labute approximate surface area is 144 Å². The smallest absolute Gasteiger partial charge is 0.314 e. The lowest BCUT2D eigenvalue weighted by molar-refractivity contribution is 0.101. The summed E-state index contributed by atoms with van der Waals surface area (Å²) in [5, 5.41) is 15.7. The van der Waals surface area contributed by atoms with Crippen LogP contribution < -0.4 is 15.5 Å². The van der Waals surface area contributed by atoms with Crippen LogP contribution in [0, 0.1) is 11.8 Å². The van der Waals surface area contributed by atoms with Crippen LogP contribution in [0.2, 0.25) is 0 Å². The largest absolute Gasteiger partial charge is 0.393 e. The number of nitrogens with zero attached hydrogens (tertiary/aromatic N) is 1. The van der Waals surface area contributed by atoms with Crippen LogP contribution in [0.5, 0.6) is 0 Å². The molecule has 0 spiro atoms. The van der Waals surface area contributed by atoms with Crippen LogP contribution >= 0.6 is 0 Å². The number of hydrogen-bond acceptors (Lipinski definition) is 3. The number of anilines is 1. The maximum Gasteiger partial charge on any atom is 0.314 e. The number of nitrogens with one attached hydrogen (secondary N) is 2. The molecule has 1 aliphatic carbocycles. The molecule has 5 nitrogen and oxygen atoms in total. The summed E-state index contributed by atoms with van der Waals surface area (Å²) in [6.45, 7) is 3.45. The van der Waals surface area contributed by atoms with Gasteiger partial charge in [0, 0.05) is 31.9 Å². The summed E-state index contributed by atoms with van der Waals surface area (Å²) >= 11 is 0. The second-order valence-corrected chi connectivity index (χ2v) is 7.21. The van der Waals surface area contributed by atoms with Crippen molar-refractivity contribution in [1.29, 1.82) is 0 Å². The predicted molar refractivity (Wildman–Crippen MR) is 96.1 cm³/mol. The van der Waals surface area contributed by atoms with Crippen molar-refractivity contribution in [1.82, 2.24) is 10.6 Å². The molecule has 1 heterocycles. The van der Waals surface area contributed by atoms with Gasteiger partial charge in [-0.15, -0.1) is 0 Å². The molecule has 1 aromatic carbocycles. The molecule has 3 N–H and O–H groups in total. The Hall–Kier alpha value is -1.75. The molecule has 1 aliphatic heterocycles. The van der Waals surface area contributed by atoms with Gasteiger partial charge in [-0.1, -0.05) is 24.6 Å². The summed E-state index contributed by atoms with van der Waals surface area (Å²) < 4.78 is 0. The summed E-state index contributed by atoms with van der Waals surface area (Å²) in [5.41, 5.74) is 1.26. The highest BCUT2D eigenvalue weighted by Gasteiger charge is 2.23. The second kappa shape index (κ2) is 8.38. The zero-order valence-electron chi connectivity index (χ0n) is 14.3. The van der Waals surface area contributed by atoms with Gasteiger partial charge >= 0.3 is 6.03 Å². The minimum Gasteiger partial charge on any atom is -0.393 e. The van der Waals surface area contributed by atoms with Crippen molar-refractivity contribution < 1.29 is 9.90 Å². The van der Waals surface area contributed by atoms with Crippen molar-refractivity contribution in [2.45, 2.75) is 38.2 Å². The van der Waals surface area contributed by atoms with Crippen molar-refractivity contribution in [3.63, 3.8) is 0 Å². The third-order valence-corrected chi connectivity index (χ3v) is 5.26. The maximum absolute atomic E-state index is 12.0. The van der Waals surface area contributed by atoms with Crippen LogP contribution in [0.4, 0.5) is 10.5 Å². The van der Waals surface area contributed by atoms with Gasteiger partial charge in [-0.3, -0.25) is 0 Å². The summed E-state index contributed by atoms with van der Waals surface area (Å²) in [6.07, 6.45) is 4.82. The third-order valence-electron chi connectivity index (χ3n) is 5.26. The Morgan fingerprint density at radius 2 is 1.83 bits per heavy atom. The van der Waals surface area contributed by atoms with Gasteiger partial charge in [0.2, 0.25) is 0 Å². The minimum absolute atomic E-state index is 0.0757. The average Bonchev–Trinajstić information content (AvgIpc) is 3.08. The van der Waals surface area contributed by atoms with Crippen molar-refractivity contribution in [3.8, 4) is 0 Å². The van der Waals surface area contributed by atoms with Gasteiger partial charge in [0.15, 0.2) is 0 Å². The molecule has 0 radical (unpaired) electrons. The number of benzene rings is 1. The van der Waals surface area contributed by atoms with E-state index in [0.717, 1.165) is 51.7 Å². The molecule has 0 aromatic heterocycles. The average molecular weight is 331 g/mol. The molecule has 2 aliphatic rings. The highest BCUT2D eigenvalue weighted by Crippen LogP contribution is 2.24. The lowest BCUT2D eigenvalue weighted by atomic mass is 9.87.